The molecule has 6 nitrogen and oxygen atoms in total. The maximum atomic E-state index is 13.2. The van der Waals surface area contributed by atoms with Gasteiger partial charge in [0.05, 0.1) is 6.61 Å². The van der Waals surface area contributed by atoms with E-state index in [1.807, 2.05) is 19.9 Å². The van der Waals surface area contributed by atoms with Gasteiger partial charge in [-0.2, -0.15) is 0 Å². The lowest BCUT2D eigenvalue weighted by molar-refractivity contribution is 0.0840. The number of hydrogen-bond donors (Lipinski definition) is 1. The van der Waals surface area contributed by atoms with Gasteiger partial charge in [0.2, 0.25) is 5.78 Å². The Kier molecular flexibility index (Phi) is 6.10. The van der Waals surface area contributed by atoms with E-state index in [-0.39, 0.29) is 30.4 Å². The lowest BCUT2D eigenvalue weighted by atomic mass is 9.99. The van der Waals surface area contributed by atoms with Crippen molar-refractivity contribution in [2.24, 2.45) is 0 Å². The summed E-state index contributed by atoms with van der Waals surface area (Å²) in [6.07, 6.45) is 0.321. The summed E-state index contributed by atoms with van der Waals surface area (Å²) < 4.78 is 6.65. The molecule has 0 amide bonds. The molecule has 0 spiro atoms. The summed E-state index contributed by atoms with van der Waals surface area (Å²) in [6, 6.07) is 5.46. The van der Waals surface area contributed by atoms with Crippen molar-refractivity contribution >= 4 is 5.78 Å². The second kappa shape index (κ2) is 8.10. The van der Waals surface area contributed by atoms with Gasteiger partial charge in [0.1, 0.15) is 12.4 Å². The molecule has 138 valence electrons. The van der Waals surface area contributed by atoms with E-state index >= 15 is 0 Å². The van der Waals surface area contributed by atoms with Crippen LogP contribution in [0.15, 0.2) is 39.9 Å². The lowest BCUT2D eigenvalue weighted by Crippen LogP contribution is -2.38. The number of rotatable bonds is 7. The normalized spacial score (nSPS) is 10.8. The van der Waals surface area contributed by atoms with E-state index < -0.39 is 11.2 Å². The molecule has 1 N–H and O–H groups in total. The fraction of sp³-hybridized carbons (Fsp3) is 0.350. The molecule has 1 aromatic heterocycles. The average Bonchev–Trinajstić information content (AvgIpc) is 2.54. The van der Waals surface area contributed by atoms with Gasteiger partial charge >= 0.3 is 5.69 Å². The Morgan fingerprint density at radius 1 is 1.19 bits per heavy atom. The van der Waals surface area contributed by atoms with E-state index in [1.165, 1.54) is 4.57 Å². The molecule has 0 aliphatic rings. The molecular formula is C20H24N2O4. The van der Waals surface area contributed by atoms with Crippen molar-refractivity contribution in [1.29, 1.82) is 0 Å². The highest BCUT2D eigenvalue weighted by Gasteiger charge is 2.22. The standard InChI is InChI=1S/C20H24N2O4/c1-6-16-17(18(23)15-8-13(4)7-14(5)9-15)22(11-26-10-12(2)3)20(25)21-19(16)24/h7-9H,2,6,10-11H2,1,3-5H3,(H,21,24,25). The van der Waals surface area contributed by atoms with Gasteiger partial charge in [-0.05, 0) is 39.3 Å². The molecule has 0 unspecified atom stereocenters. The van der Waals surface area contributed by atoms with Gasteiger partial charge in [-0.25, -0.2) is 4.79 Å². The van der Waals surface area contributed by atoms with Crippen LogP contribution in [0.5, 0.6) is 0 Å². The van der Waals surface area contributed by atoms with E-state index in [1.54, 1.807) is 26.0 Å². The van der Waals surface area contributed by atoms with Gasteiger partial charge in [0.15, 0.2) is 0 Å². The summed E-state index contributed by atoms with van der Waals surface area (Å²) in [4.78, 5) is 40.0. The number of aromatic nitrogens is 2. The number of carbonyl (C=O) groups excluding carboxylic acids is 1. The quantitative estimate of drug-likeness (QED) is 0.610. The van der Waals surface area contributed by atoms with E-state index in [0.29, 0.717) is 12.0 Å². The summed E-state index contributed by atoms with van der Waals surface area (Å²) in [5, 5.41) is 0. The zero-order valence-corrected chi connectivity index (χ0v) is 15.6. The highest BCUT2D eigenvalue weighted by molar-refractivity contribution is 6.09. The Morgan fingerprint density at radius 2 is 1.81 bits per heavy atom. The molecular weight excluding hydrogens is 332 g/mol. The predicted molar refractivity (Wildman–Crippen MR) is 101 cm³/mol. The fourth-order valence-electron chi connectivity index (χ4n) is 2.88. The number of ketones is 1. The van der Waals surface area contributed by atoms with Gasteiger partial charge in [-0.1, -0.05) is 36.3 Å². The van der Waals surface area contributed by atoms with Gasteiger partial charge in [-0.3, -0.25) is 19.1 Å². The number of ether oxygens (including phenoxy) is 1. The summed E-state index contributed by atoms with van der Waals surface area (Å²) in [6.45, 7) is 11.2. The smallest absolute Gasteiger partial charge is 0.330 e. The molecule has 0 bridgehead atoms. The molecule has 0 atom stereocenters. The van der Waals surface area contributed by atoms with Crippen molar-refractivity contribution in [2.75, 3.05) is 6.61 Å². The third kappa shape index (κ3) is 4.26. The first-order valence-electron chi connectivity index (χ1n) is 8.45. The van der Waals surface area contributed by atoms with Gasteiger partial charge < -0.3 is 4.74 Å². The van der Waals surface area contributed by atoms with E-state index in [2.05, 4.69) is 11.6 Å². The van der Waals surface area contributed by atoms with Gasteiger partial charge in [0, 0.05) is 11.1 Å². The van der Waals surface area contributed by atoms with Gasteiger partial charge in [-0.15, -0.1) is 0 Å². The van der Waals surface area contributed by atoms with Crippen LogP contribution in [0.2, 0.25) is 0 Å². The zero-order chi connectivity index (χ0) is 19.4. The second-order valence-corrected chi connectivity index (χ2v) is 6.51. The molecule has 0 saturated heterocycles. The van der Waals surface area contributed by atoms with E-state index in [9.17, 15) is 14.4 Å². The molecule has 1 aromatic carbocycles. The highest BCUT2D eigenvalue weighted by atomic mass is 16.5. The molecule has 6 heteroatoms. The largest absolute Gasteiger partial charge is 0.356 e. The minimum Gasteiger partial charge on any atom is -0.356 e. The predicted octanol–water partition coefficient (Wildman–Crippen LogP) is 2.50. The van der Waals surface area contributed by atoms with E-state index in [4.69, 9.17) is 4.74 Å². The fourth-order valence-corrected chi connectivity index (χ4v) is 2.88. The van der Waals surface area contributed by atoms with Crippen LogP contribution in [0.25, 0.3) is 0 Å². The first-order valence-corrected chi connectivity index (χ1v) is 8.45. The monoisotopic (exact) mass is 356 g/mol. The van der Waals surface area contributed by atoms with Crippen LogP contribution in [-0.4, -0.2) is 21.9 Å². The number of nitrogens with zero attached hydrogens (tertiary/aromatic N) is 1. The highest BCUT2D eigenvalue weighted by Crippen LogP contribution is 2.15. The molecule has 0 aliphatic heterocycles. The zero-order valence-electron chi connectivity index (χ0n) is 15.6. The number of hydrogen-bond acceptors (Lipinski definition) is 4. The first kappa shape index (κ1) is 19.6. The van der Waals surface area contributed by atoms with Crippen molar-refractivity contribution in [1.82, 2.24) is 9.55 Å². The lowest BCUT2D eigenvalue weighted by Gasteiger charge is -2.15. The van der Waals surface area contributed by atoms with Crippen molar-refractivity contribution in [3.8, 4) is 0 Å². The van der Waals surface area contributed by atoms with Gasteiger partial charge in [0.25, 0.3) is 5.56 Å². The summed E-state index contributed by atoms with van der Waals surface area (Å²) >= 11 is 0. The molecule has 2 aromatic rings. The molecule has 0 radical (unpaired) electrons. The van der Waals surface area contributed by atoms with Crippen LogP contribution in [0, 0.1) is 13.8 Å². The summed E-state index contributed by atoms with van der Waals surface area (Å²) in [7, 11) is 0. The molecule has 0 aliphatic carbocycles. The Hall–Kier alpha value is -2.73. The number of nitrogens with one attached hydrogen (secondary N) is 1. The number of carbonyl (C=O) groups is 1. The Labute approximate surface area is 152 Å². The van der Waals surface area contributed by atoms with Crippen LogP contribution in [-0.2, 0) is 17.9 Å². The average molecular weight is 356 g/mol. The van der Waals surface area contributed by atoms with E-state index in [0.717, 1.165) is 16.7 Å². The minimum atomic E-state index is -0.665. The Bertz CT molecular complexity index is 947. The topological polar surface area (TPSA) is 81.2 Å². The van der Waals surface area contributed by atoms with Crippen molar-refractivity contribution in [3.63, 3.8) is 0 Å². The summed E-state index contributed by atoms with van der Waals surface area (Å²) in [5.74, 6) is -0.365. The minimum absolute atomic E-state index is 0.0768. The third-order valence-electron chi connectivity index (χ3n) is 3.92. The number of aromatic amines is 1. The first-order chi connectivity index (χ1) is 12.2. The third-order valence-corrected chi connectivity index (χ3v) is 3.92. The molecule has 0 fully saturated rings. The number of H-pyrrole nitrogens is 1. The van der Waals surface area contributed by atoms with Crippen LogP contribution in [0.3, 0.4) is 0 Å². The van der Waals surface area contributed by atoms with Crippen molar-refractivity contribution in [2.45, 2.75) is 40.8 Å². The second-order valence-electron chi connectivity index (χ2n) is 6.51. The Morgan fingerprint density at radius 3 is 2.35 bits per heavy atom. The van der Waals surface area contributed by atoms with Crippen LogP contribution in [0.1, 0.15) is 46.6 Å². The maximum Gasteiger partial charge on any atom is 0.330 e. The SMILES string of the molecule is C=C(C)COCn1c(C(=O)c2cc(C)cc(C)c2)c(CC)c(=O)[nH]c1=O. The molecule has 1 heterocycles. The maximum absolute atomic E-state index is 13.2. The Balaban J connectivity index is 2.63. The molecule has 26 heavy (non-hydrogen) atoms. The number of aryl methyl sites for hydroxylation is 2. The van der Waals surface area contributed by atoms with Crippen LogP contribution in [0.4, 0.5) is 0 Å². The summed E-state index contributed by atoms with van der Waals surface area (Å²) in [5.41, 5.74) is 2.24. The van der Waals surface area contributed by atoms with Crippen LogP contribution < -0.4 is 11.2 Å². The number of benzene rings is 1. The van der Waals surface area contributed by atoms with Crippen molar-refractivity contribution < 1.29 is 9.53 Å². The van der Waals surface area contributed by atoms with Crippen LogP contribution >= 0.6 is 0 Å². The van der Waals surface area contributed by atoms with Crippen molar-refractivity contribution in [3.05, 3.63) is 79.1 Å². The molecule has 2 rings (SSSR count). The molecule has 0 saturated carbocycles.